The van der Waals surface area contributed by atoms with Gasteiger partial charge in [-0.25, -0.2) is 0 Å². The van der Waals surface area contributed by atoms with Crippen LogP contribution in [0.2, 0.25) is 18.1 Å². The molecule has 0 spiro atoms. The van der Waals surface area contributed by atoms with Crippen LogP contribution in [0.25, 0.3) is 0 Å². The fourth-order valence-corrected chi connectivity index (χ4v) is 40.9. The molecule has 0 fully saturated rings. The van der Waals surface area contributed by atoms with E-state index in [1.807, 2.05) is 62.3 Å². The van der Waals surface area contributed by atoms with Crippen molar-refractivity contribution in [1.82, 2.24) is 0 Å². The van der Waals surface area contributed by atoms with E-state index in [-0.39, 0.29) is 0 Å². The summed E-state index contributed by atoms with van der Waals surface area (Å²) in [6.07, 6.45) is 0. The summed E-state index contributed by atoms with van der Waals surface area (Å²) in [5.74, 6) is 2.89. The molecule has 9 nitrogen and oxygen atoms in total. The molecule has 0 aliphatic carbocycles. The molecule has 0 radical (unpaired) electrons. The zero-order valence-corrected chi connectivity index (χ0v) is 34.5. The third-order valence-corrected chi connectivity index (χ3v) is 39.9. The fraction of sp³-hybridized carbons (Fsp3) is 1.00. The van der Waals surface area contributed by atoms with E-state index < -0.39 is 42.4 Å². The molecule has 40 heavy (non-hydrogen) atoms. The zero-order chi connectivity index (χ0) is 30.2. The molecule has 0 aromatic rings. The first-order valence-corrected chi connectivity index (χ1v) is 32.8. The minimum atomic E-state index is -2.67. The van der Waals surface area contributed by atoms with Crippen molar-refractivity contribution in [2.45, 2.75) is 80.4 Å². The Bertz CT molecular complexity index is 468. The van der Waals surface area contributed by atoms with E-state index in [0.717, 1.165) is 35.4 Å². The topological polar surface area (TPSA) is 83.1 Å². The van der Waals surface area contributed by atoms with Crippen LogP contribution >= 0.6 is 26.5 Å². The molecule has 0 aromatic heterocycles. The van der Waals surface area contributed by atoms with E-state index in [9.17, 15) is 0 Å². The van der Waals surface area contributed by atoms with Crippen LogP contribution in [0, 0.1) is 0 Å². The summed E-state index contributed by atoms with van der Waals surface area (Å²) < 4.78 is 54.9. The Morgan fingerprint density at radius 1 is 0.350 bits per heavy atom. The molecule has 0 rings (SSSR count). The van der Waals surface area contributed by atoms with E-state index in [4.69, 9.17) is 39.8 Å². The number of hydrogen-bond donors (Lipinski definition) is 0. The Labute approximate surface area is 264 Å². The molecule has 0 aromatic carbocycles. The summed E-state index contributed by atoms with van der Waals surface area (Å²) in [7, 11) is -1.70. The molecular weight excluding hydrogens is 734 g/mol. The normalized spacial score (nSPS) is 13.1. The molecular formula is C24H57O9S3SbSi3. The van der Waals surface area contributed by atoms with Crippen LogP contribution in [0.15, 0.2) is 0 Å². The molecule has 0 N–H and O–H groups in total. The Kier molecular flexibility index (Phi) is 27.8. The first-order chi connectivity index (χ1) is 19.3. The van der Waals surface area contributed by atoms with Gasteiger partial charge in [0.15, 0.2) is 0 Å². The predicted octanol–water partition coefficient (Wildman–Crippen LogP) is 6.32. The third-order valence-electron chi connectivity index (χ3n) is 5.09. The van der Waals surface area contributed by atoms with Crippen molar-refractivity contribution in [2.75, 3.05) is 76.7 Å². The van der Waals surface area contributed by atoms with Crippen molar-refractivity contribution in [3.8, 4) is 0 Å². The maximum atomic E-state index is 6.11. The molecule has 16 heteroatoms. The Hall–Kier alpha value is 2.16. The Morgan fingerprint density at radius 3 is 0.675 bits per heavy atom. The first kappa shape index (κ1) is 42.2. The van der Waals surface area contributed by atoms with Gasteiger partial charge < -0.3 is 0 Å². The summed E-state index contributed by atoms with van der Waals surface area (Å²) >= 11 is -1.89. The minimum absolute atomic E-state index is 0.600. The van der Waals surface area contributed by atoms with Gasteiger partial charge >= 0.3 is 266 Å². The SMILES string of the molecule is CCO[Si](CC[S][Sb]([S]CC[Si](OCC)(OCC)OCC)[S]CC[Si](OCC)(OCC)OCC)(OCC)OCC. The van der Waals surface area contributed by atoms with Crippen LogP contribution in [0.4, 0.5) is 0 Å². The van der Waals surface area contributed by atoms with Crippen molar-refractivity contribution in [1.29, 1.82) is 0 Å². The molecule has 0 saturated heterocycles. The van der Waals surface area contributed by atoms with Gasteiger partial charge in [-0.3, -0.25) is 0 Å². The van der Waals surface area contributed by atoms with E-state index in [2.05, 4.69) is 26.5 Å². The van der Waals surface area contributed by atoms with Crippen molar-refractivity contribution >= 4 is 69.0 Å². The van der Waals surface area contributed by atoms with Gasteiger partial charge in [0.05, 0.1) is 0 Å². The summed E-state index contributed by atoms with van der Waals surface area (Å²) in [6, 6.07) is 2.46. The van der Waals surface area contributed by atoms with Gasteiger partial charge in [-0.1, -0.05) is 0 Å². The van der Waals surface area contributed by atoms with Gasteiger partial charge in [-0.15, -0.1) is 0 Å². The molecule has 0 unspecified atom stereocenters. The molecule has 0 heterocycles. The zero-order valence-electron chi connectivity index (χ0n) is 26.5. The monoisotopic (exact) mass is 790 g/mol. The average Bonchev–Trinajstić information content (AvgIpc) is 2.90. The van der Waals surface area contributed by atoms with Crippen LogP contribution < -0.4 is 0 Å². The molecule has 0 bridgehead atoms. The van der Waals surface area contributed by atoms with Gasteiger partial charge in [0.1, 0.15) is 0 Å². The molecule has 0 aliphatic heterocycles. The Morgan fingerprint density at radius 2 is 0.525 bits per heavy atom. The summed E-state index contributed by atoms with van der Waals surface area (Å²) in [5, 5.41) is 0. The molecule has 242 valence electrons. The van der Waals surface area contributed by atoms with E-state index >= 15 is 0 Å². The van der Waals surface area contributed by atoms with Crippen LogP contribution in [-0.4, -0.2) is 119 Å². The first-order valence-electron chi connectivity index (χ1n) is 14.8. The van der Waals surface area contributed by atoms with Crippen LogP contribution in [0.5, 0.6) is 0 Å². The molecule has 0 aliphatic rings. The summed E-state index contributed by atoms with van der Waals surface area (Å²) in [5.41, 5.74) is 0. The van der Waals surface area contributed by atoms with Crippen molar-refractivity contribution in [2.24, 2.45) is 0 Å². The Balaban J connectivity index is 5.51. The summed E-state index contributed by atoms with van der Waals surface area (Å²) in [6.45, 7) is 23.5. The summed E-state index contributed by atoms with van der Waals surface area (Å²) in [4.78, 5) is 0. The fourth-order valence-electron chi connectivity index (χ4n) is 3.85. The quantitative estimate of drug-likeness (QED) is 0.0765. The second kappa shape index (κ2) is 26.4. The molecule has 0 atom stereocenters. The molecule has 0 saturated carbocycles. The van der Waals surface area contributed by atoms with Crippen molar-refractivity contribution in [3.05, 3.63) is 0 Å². The second-order valence-corrected chi connectivity index (χ2v) is 38.0. The average molecular weight is 792 g/mol. The van der Waals surface area contributed by atoms with Crippen molar-refractivity contribution in [3.63, 3.8) is 0 Å². The number of rotatable bonds is 30. The van der Waals surface area contributed by atoms with Crippen LogP contribution in [0.1, 0.15) is 62.3 Å². The van der Waals surface area contributed by atoms with Gasteiger partial charge in [-0.05, 0) is 0 Å². The van der Waals surface area contributed by atoms with E-state index in [1.54, 1.807) is 0 Å². The standard InChI is InChI=1S/3C8H20O3SSi.Sb/c3*1-4-9-13(8-7-12,10-5-2)11-6-3;/h3*12H,4-8H2,1-3H3;/q;;;+3/p-3. The van der Waals surface area contributed by atoms with Crippen LogP contribution in [-0.2, 0) is 39.8 Å². The maximum absolute atomic E-state index is 6.11. The second-order valence-electron chi connectivity index (χ2n) is 7.92. The number of hydrogen-bond acceptors (Lipinski definition) is 12. The van der Waals surface area contributed by atoms with Gasteiger partial charge in [0.25, 0.3) is 0 Å². The van der Waals surface area contributed by atoms with Crippen LogP contribution in [0.3, 0.4) is 0 Å². The van der Waals surface area contributed by atoms with Crippen molar-refractivity contribution < 1.29 is 39.8 Å². The van der Waals surface area contributed by atoms with Gasteiger partial charge in [0, 0.05) is 0 Å². The van der Waals surface area contributed by atoms with Gasteiger partial charge in [-0.2, -0.15) is 0 Å². The van der Waals surface area contributed by atoms with E-state index in [0.29, 0.717) is 59.5 Å². The third kappa shape index (κ3) is 17.6. The van der Waals surface area contributed by atoms with E-state index in [1.165, 1.54) is 0 Å². The predicted molar refractivity (Wildman–Crippen MR) is 179 cm³/mol. The molecule has 0 amide bonds. The van der Waals surface area contributed by atoms with Gasteiger partial charge in [0.2, 0.25) is 0 Å².